The van der Waals surface area contributed by atoms with Crippen molar-refractivity contribution in [1.29, 1.82) is 0 Å². The molecule has 2 aromatic rings. The van der Waals surface area contributed by atoms with Gasteiger partial charge in [0.05, 0.1) is 0 Å². The molecule has 112 valence electrons. The highest BCUT2D eigenvalue weighted by Crippen LogP contribution is 2.22. The Hall–Kier alpha value is -2.08. The topological polar surface area (TPSA) is 71.1 Å². The van der Waals surface area contributed by atoms with E-state index in [4.69, 9.17) is 0 Å². The number of nitrogens with one attached hydrogen (secondary N) is 2. The molecule has 6 heteroatoms. The molecular weight excluding hydrogens is 286 g/mol. The number of benzene rings is 1. The molecule has 0 unspecified atom stereocenters. The lowest BCUT2D eigenvalue weighted by Crippen LogP contribution is -2.16. The first-order chi connectivity index (χ1) is 10.0. The van der Waals surface area contributed by atoms with Crippen molar-refractivity contribution in [2.75, 3.05) is 16.6 Å². The summed E-state index contributed by atoms with van der Waals surface area (Å²) in [5.41, 5.74) is 1.53. The summed E-state index contributed by atoms with van der Waals surface area (Å²) in [6.45, 7) is 4.59. The Kier molecular flexibility index (Phi) is 4.80. The van der Waals surface area contributed by atoms with Crippen LogP contribution in [0.2, 0.25) is 0 Å². The average Bonchev–Trinajstić information content (AvgIpc) is 2.45. The van der Waals surface area contributed by atoms with Crippen LogP contribution in [0.25, 0.3) is 0 Å². The fourth-order valence-electron chi connectivity index (χ4n) is 1.90. The first-order valence-electron chi connectivity index (χ1n) is 6.81. The summed E-state index contributed by atoms with van der Waals surface area (Å²) in [6.07, 6.45) is 2.46. The molecule has 0 amide bonds. The number of sulfonamides is 1. The van der Waals surface area contributed by atoms with Gasteiger partial charge in [-0.25, -0.2) is 13.4 Å². The Balaban J connectivity index is 2.31. The highest BCUT2D eigenvalue weighted by atomic mass is 32.2. The van der Waals surface area contributed by atoms with E-state index < -0.39 is 10.0 Å². The van der Waals surface area contributed by atoms with Gasteiger partial charge in [0.1, 0.15) is 10.7 Å². The lowest BCUT2D eigenvalue weighted by molar-refractivity contribution is 0.601. The zero-order valence-electron chi connectivity index (χ0n) is 12.1. The highest BCUT2D eigenvalue weighted by Gasteiger charge is 2.19. The van der Waals surface area contributed by atoms with Gasteiger partial charge in [-0.1, -0.05) is 19.1 Å². The summed E-state index contributed by atoms with van der Waals surface area (Å²) < 4.78 is 27.6. The maximum Gasteiger partial charge on any atom is 0.265 e. The molecular formula is C15H19N3O2S. The minimum absolute atomic E-state index is 0.153. The number of anilines is 2. The van der Waals surface area contributed by atoms with Crippen molar-refractivity contribution >= 4 is 21.5 Å². The standard InChI is InChI=1S/C15H19N3O2S/c1-3-9-16-15-14(8-5-10-17-15)21(19,20)18-13-7-4-6-12(2)11-13/h4-8,10-11,18H,3,9H2,1-2H3,(H,16,17). The van der Waals surface area contributed by atoms with Crippen molar-refractivity contribution in [2.24, 2.45) is 0 Å². The number of hydrogen-bond donors (Lipinski definition) is 2. The smallest absolute Gasteiger partial charge is 0.265 e. The van der Waals surface area contributed by atoms with Crippen LogP contribution < -0.4 is 10.0 Å². The molecule has 2 rings (SSSR count). The number of aryl methyl sites for hydroxylation is 1. The van der Waals surface area contributed by atoms with Gasteiger partial charge in [-0.3, -0.25) is 4.72 Å². The van der Waals surface area contributed by atoms with Crippen LogP contribution in [0.5, 0.6) is 0 Å². The molecule has 0 aliphatic heterocycles. The van der Waals surface area contributed by atoms with Crippen LogP contribution in [0, 0.1) is 6.92 Å². The first kappa shape index (κ1) is 15.3. The van der Waals surface area contributed by atoms with Crippen LogP contribution in [-0.2, 0) is 10.0 Å². The van der Waals surface area contributed by atoms with Crippen LogP contribution in [-0.4, -0.2) is 19.9 Å². The van der Waals surface area contributed by atoms with E-state index >= 15 is 0 Å². The Morgan fingerprint density at radius 1 is 1.19 bits per heavy atom. The predicted octanol–water partition coefficient (Wildman–Crippen LogP) is 3.01. The second-order valence-electron chi connectivity index (χ2n) is 4.75. The van der Waals surface area contributed by atoms with Gasteiger partial charge in [-0.05, 0) is 43.2 Å². The van der Waals surface area contributed by atoms with Gasteiger partial charge in [-0.2, -0.15) is 0 Å². The van der Waals surface area contributed by atoms with E-state index in [1.54, 1.807) is 30.5 Å². The second kappa shape index (κ2) is 6.58. The van der Waals surface area contributed by atoms with E-state index in [1.807, 2.05) is 26.0 Å². The SMILES string of the molecule is CCCNc1ncccc1S(=O)(=O)Nc1cccc(C)c1. The zero-order chi connectivity index (χ0) is 15.3. The zero-order valence-corrected chi connectivity index (χ0v) is 12.9. The summed E-state index contributed by atoms with van der Waals surface area (Å²) >= 11 is 0. The molecule has 0 fully saturated rings. The van der Waals surface area contributed by atoms with E-state index in [-0.39, 0.29) is 4.90 Å². The van der Waals surface area contributed by atoms with Crippen molar-refractivity contribution in [3.63, 3.8) is 0 Å². The molecule has 0 aliphatic carbocycles. The molecule has 0 saturated heterocycles. The Morgan fingerprint density at radius 3 is 2.71 bits per heavy atom. The van der Waals surface area contributed by atoms with E-state index in [0.717, 1.165) is 12.0 Å². The monoisotopic (exact) mass is 305 g/mol. The molecule has 0 atom stereocenters. The molecule has 0 saturated carbocycles. The first-order valence-corrected chi connectivity index (χ1v) is 8.29. The third kappa shape index (κ3) is 3.95. The Labute approximate surface area is 125 Å². The number of pyridine rings is 1. The maximum atomic E-state index is 12.5. The summed E-state index contributed by atoms with van der Waals surface area (Å²) in [5.74, 6) is 0.375. The maximum absolute atomic E-state index is 12.5. The molecule has 0 aliphatic rings. The fourth-order valence-corrected chi connectivity index (χ4v) is 3.09. The van der Waals surface area contributed by atoms with Crippen LogP contribution in [0.15, 0.2) is 47.5 Å². The molecule has 1 aromatic carbocycles. The summed E-state index contributed by atoms with van der Waals surface area (Å²) in [4.78, 5) is 4.26. The largest absolute Gasteiger partial charge is 0.369 e. The highest BCUT2D eigenvalue weighted by molar-refractivity contribution is 7.92. The van der Waals surface area contributed by atoms with Crippen molar-refractivity contribution in [1.82, 2.24) is 4.98 Å². The van der Waals surface area contributed by atoms with E-state index in [1.165, 1.54) is 0 Å². The molecule has 1 heterocycles. The molecule has 0 radical (unpaired) electrons. The lowest BCUT2D eigenvalue weighted by Gasteiger charge is -2.12. The van der Waals surface area contributed by atoms with Gasteiger partial charge in [0.25, 0.3) is 10.0 Å². The summed E-state index contributed by atoms with van der Waals surface area (Å²) in [5, 5.41) is 3.04. The molecule has 0 bridgehead atoms. The lowest BCUT2D eigenvalue weighted by atomic mass is 10.2. The van der Waals surface area contributed by atoms with Gasteiger partial charge in [0.15, 0.2) is 0 Å². The van der Waals surface area contributed by atoms with Crippen molar-refractivity contribution in [3.05, 3.63) is 48.2 Å². The molecule has 5 nitrogen and oxygen atoms in total. The summed E-state index contributed by atoms with van der Waals surface area (Å²) in [7, 11) is -3.67. The molecule has 21 heavy (non-hydrogen) atoms. The molecule has 1 aromatic heterocycles. The van der Waals surface area contributed by atoms with Crippen LogP contribution in [0.1, 0.15) is 18.9 Å². The average molecular weight is 305 g/mol. The van der Waals surface area contributed by atoms with Crippen molar-refractivity contribution < 1.29 is 8.42 Å². The van der Waals surface area contributed by atoms with E-state index in [2.05, 4.69) is 15.0 Å². The normalized spacial score (nSPS) is 11.1. The minimum Gasteiger partial charge on any atom is -0.369 e. The van der Waals surface area contributed by atoms with Crippen LogP contribution in [0.4, 0.5) is 11.5 Å². The van der Waals surface area contributed by atoms with Gasteiger partial charge in [0.2, 0.25) is 0 Å². The number of rotatable bonds is 6. The molecule has 0 spiro atoms. The van der Waals surface area contributed by atoms with E-state index in [0.29, 0.717) is 18.1 Å². The van der Waals surface area contributed by atoms with Crippen molar-refractivity contribution in [2.45, 2.75) is 25.2 Å². The number of nitrogens with zero attached hydrogens (tertiary/aromatic N) is 1. The fraction of sp³-hybridized carbons (Fsp3) is 0.267. The van der Waals surface area contributed by atoms with Gasteiger partial charge >= 0.3 is 0 Å². The number of aromatic nitrogens is 1. The Bertz CT molecular complexity index is 714. The third-order valence-electron chi connectivity index (χ3n) is 2.87. The predicted molar refractivity (Wildman–Crippen MR) is 85.0 cm³/mol. The van der Waals surface area contributed by atoms with Gasteiger partial charge < -0.3 is 5.32 Å². The number of hydrogen-bond acceptors (Lipinski definition) is 4. The second-order valence-corrected chi connectivity index (χ2v) is 6.40. The summed E-state index contributed by atoms with van der Waals surface area (Å²) in [6, 6.07) is 10.4. The minimum atomic E-state index is -3.67. The van der Waals surface area contributed by atoms with E-state index in [9.17, 15) is 8.42 Å². The third-order valence-corrected chi connectivity index (χ3v) is 4.29. The Morgan fingerprint density at radius 2 is 2.00 bits per heavy atom. The van der Waals surface area contributed by atoms with Gasteiger partial charge in [0, 0.05) is 18.4 Å². The quantitative estimate of drug-likeness (QED) is 0.860. The van der Waals surface area contributed by atoms with Crippen molar-refractivity contribution in [3.8, 4) is 0 Å². The van der Waals surface area contributed by atoms with Crippen LogP contribution >= 0.6 is 0 Å². The van der Waals surface area contributed by atoms with Gasteiger partial charge in [-0.15, -0.1) is 0 Å². The van der Waals surface area contributed by atoms with Crippen LogP contribution in [0.3, 0.4) is 0 Å². The molecule has 2 N–H and O–H groups in total.